The Morgan fingerprint density at radius 2 is 2.00 bits per heavy atom. The lowest BCUT2D eigenvalue weighted by Crippen LogP contribution is -2.46. The van der Waals surface area contributed by atoms with Crippen LogP contribution in [0.2, 0.25) is 0 Å². The third-order valence-corrected chi connectivity index (χ3v) is 6.90. The van der Waals surface area contributed by atoms with Crippen LogP contribution < -0.4 is 10.6 Å². The van der Waals surface area contributed by atoms with E-state index in [2.05, 4.69) is 25.7 Å². The lowest BCUT2D eigenvalue weighted by Gasteiger charge is -2.35. The third-order valence-electron chi connectivity index (χ3n) is 6.90. The van der Waals surface area contributed by atoms with Crippen molar-refractivity contribution in [1.29, 1.82) is 0 Å². The molecular weight excluding hydrogens is 429 g/mol. The van der Waals surface area contributed by atoms with Gasteiger partial charge in [0.25, 0.3) is 0 Å². The first-order valence-corrected chi connectivity index (χ1v) is 11.3. The van der Waals surface area contributed by atoms with Crippen molar-refractivity contribution >= 4 is 22.7 Å². The molecule has 3 aromatic heterocycles. The van der Waals surface area contributed by atoms with Crippen LogP contribution in [0.3, 0.4) is 0 Å². The van der Waals surface area contributed by atoms with Crippen LogP contribution in [0.1, 0.15) is 12.2 Å². The van der Waals surface area contributed by atoms with Gasteiger partial charge >= 0.3 is 0 Å². The van der Waals surface area contributed by atoms with Crippen LogP contribution in [0, 0.1) is 25.1 Å². The molecule has 7 nitrogen and oxygen atoms in total. The fourth-order valence-electron chi connectivity index (χ4n) is 5.37. The normalized spacial score (nSPS) is 19.7. The summed E-state index contributed by atoms with van der Waals surface area (Å²) in [6, 6.07) is 13.6. The van der Waals surface area contributed by atoms with Crippen LogP contribution in [-0.4, -0.2) is 56.1 Å². The molecule has 0 aliphatic carbocycles. The largest absolute Gasteiger partial charge is 0.384 e. The molecule has 2 atom stereocenters. The van der Waals surface area contributed by atoms with E-state index in [-0.39, 0.29) is 5.82 Å². The third kappa shape index (κ3) is 3.28. The number of nitrogen functional groups attached to an aromatic ring is 1. The van der Waals surface area contributed by atoms with Gasteiger partial charge in [-0.25, -0.2) is 19.3 Å². The highest BCUT2D eigenvalue weighted by Crippen LogP contribution is 2.36. The molecule has 1 aromatic carbocycles. The fourth-order valence-corrected chi connectivity index (χ4v) is 5.37. The first-order chi connectivity index (χ1) is 16.5. The van der Waals surface area contributed by atoms with Gasteiger partial charge in [-0.1, -0.05) is 5.92 Å². The van der Waals surface area contributed by atoms with Crippen molar-refractivity contribution in [3.8, 4) is 29.3 Å². The van der Waals surface area contributed by atoms with Gasteiger partial charge in [0, 0.05) is 43.0 Å². The number of hydrogen-bond donors (Lipinski definition) is 1. The summed E-state index contributed by atoms with van der Waals surface area (Å²) in [5.41, 5.74) is 10.2. The summed E-state index contributed by atoms with van der Waals surface area (Å²) < 4.78 is 17.3. The predicted octanol–water partition coefficient (Wildman–Crippen LogP) is 3.41. The number of terminal acetylenes is 1. The minimum atomic E-state index is -0.243. The number of rotatable bonds is 4. The number of nitrogens with zero attached hydrogens (tertiary/aromatic N) is 6. The lowest BCUT2D eigenvalue weighted by atomic mass is 10.1. The van der Waals surface area contributed by atoms with E-state index in [9.17, 15) is 0 Å². The van der Waals surface area contributed by atoms with E-state index >= 15 is 4.39 Å². The van der Waals surface area contributed by atoms with Crippen LogP contribution in [0.5, 0.6) is 0 Å². The number of pyridine rings is 2. The maximum Gasteiger partial charge on any atom is 0.165 e. The first kappa shape index (κ1) is 20.6. The lowest BCUT2D eigenvalue weighted by molar-refractivity contribution is 0.267. The van der Waals surface area contributed by atoms with Crippen molar-refractivity contribution in [3.05, 3.63) is 60.3 Å². The van der Waals surface area contributed by atoms with Crippen molar-refractivity contribution in [1.82, 2.24) is 24.4 Å². The van der Waals surface area contributed by atoms with Crippen molar-refractivity contribution in [2.75, 3.05) is 30.3 Å². The Balaban J connectivity index is 1.35. The van der Waals surface area contributed by atoms with E-state index < -0.39 is 0 Å². The number of piperazine rings is 1. The highest BCUT2D eigenvalue weighted by Gasteiger charge is 2.43. The molecular formula is C26H24FN7. The molecule has 2 N–H and O–H groups in total. The highest BCUT2D eigenvalue weighted by molar-refractivity contribution is 5.78. The molecule has 2 fully saturated rings. The molecule has 0 spiro atoms. The molecule has 2 bridgehead atoms. The molecule has 0 saturated carbocycles. The van der Waals surface area contributed by atoms with Gasteiger partial charge in [0.05, 0.1) is 23.6 Å². The molecule has 2 saturated heterocycles. The van der Waals surface area contributed by atoms with Crippen LogP contribution in [0.25, 0.3) is 28.1 Å². The van der Waals surface area contributed by atoms with Crippen LogP contribution in [0.4, 0.5) is 15.9 Å². The van der Waals surface area contributed by atoms with E-state index in [1.807, 2.05) is 41.8 Å². The standard InChI is InChI=1S/C26H24FN7/c1-3-10-32-14-20-12-19(32)15-33(20)24-7-4-18(13-21(24)27)34-16(2)30-23-6-5-22(31-26(23)34)17-8-9-29-25(28)11-17/h1,4-9,11,13,19-20H,10,12,14-15H2,2H3,(H2,28,29)/t19-,20-/m0/s1. The summed E-state index contributed by atoms with van der Waals surface area (Å²) in [5.74, 6) is 3.66. The number of anilines is 2. The molecule has 2 aliphatic heterocycles. The SMILES string of the molecule is C#CCN1C[C@@H]2C[C@H]1CN2c1ccc(-n2c(C)nc3ccc(-c4ccnc(N)c4)nc32)cc1F. The fraction of sp³-hybridized carbons (Fsp3) is 0.269. The Hall–Kier alpha value is -3.96. The van der Waals surface area contributed by atoms with Gasteiger partial charge in [0.1, 0.15) is 23.0 Å². The number of aryl methyl sites for hydroxylation is 1. The topological polar surface area (TPSA) is 76.1 Å². The average Bonchev–Trinajstić information content (AvgIpc) is 3.50. The van der Waals surface area contributed by atoms with Crippen LogP contribution in [0.15, 0.2) is 48.7 Å². The second-order valence-corrected chi connectivity index (χ2v) is 8.97. The maximum absolute atomic E-state index is 15.4. The van der Waals surface area contributed by atoms with Crippen molar-refractivity contribution < 1.29 is 4.39 Å². The summed E-state index contributed by atoms with van der Waals surface area (Å²) in [7, 11) is 0. The molecule has 34 heavy (non-hydrogen) atoms. The molecule has 0 unspecified atom stereocenters. The van der Waals surface area contributed by atoms with E-state index in [1.165, 1.54) is 0 Å². The Kier molecular flexibility index (Phi) is 4.74. The predicted molar refractivity (Wildman–Crippen MR) is 131 cm³/mol. The molecule has 170 valence electrons. The molecule has 0 radical (unpaired) electrons. The Morgan fingerprint density at radius 1 is 1.12 bits per heavy atom. The number of fused-ring (bicyclic) bond motifs is 3. The minimum Gasteiger partial charge on any atom is -0.384 e. The van der Waals surface area contributed by atoms with Gasteiger partial charge in [-0.2, -0.15) is 0 Å². The maximum atomic E-state index is 15.4. The summed E-state index contributed by atoms with van der Waals surface area (Å²) in [6.45, 7) is 4.24. The Labute approximate surface area is 197 Å². The number of nitrogens with two attached hydrogens (primary N) is 1. The van der Waals surface area contributed by atoms with Gasteiger partial charge < -0.3 is 10.6 Å². The van der Waals surface area contributed by atoms with E-state index in [1.54, 1.807) is 18.3 Å². The van der Waals surface area contributed by atoms with Gasteiger partial charge in [0.15, 0.2) is 5.65 Å². The zero-order valence-electron chi connectivity index (χ0n) is 18.8. The van der Waals surface area contributed by atoms with E-state index in [4.69, 9.17) is 17.1 Å². The van der Waals surface area contributed by atoms with Gasteiger partial charge in [-0.05, 0) is 49.7 Å². The molecule has 2 aliphatic rings. The number of likely N-dealkylation sites (tertiary alicyclic amines) is 1. The zero-order chi connectivity index (χ0) is 23.4. The summed E-state index contributed by atoms with van der Waals surface area (Å²) >= 11 is 0. The number of halogens is 1. The van der Waals surface area contributed by atoms with Gasteiger partial charge in [-0.3, -0.25) is 9.47 Å². The number of aromatic nitrogens is 4. The summed E-state index contributed by atoms with van der Waals surface area (Å²) in [6.07, 6.45) is 8.17. The minimum absolute atomic E-state index is 0.243. The zero-order valence-corrected chi connectivity index (χ0v) is 18.8. The highest BCUT2D eigenvalue weighted by atomic mass is 19.1. The molecule has 8 heteroatoms. The molecule has 5 heterocycles. The van der Waals surface area contributed by atoms with Crippen molar-refractivity contribution in [3.63, 3.8) is 0 Å². The van der Waals surface area contributed by atoms with E-state index in [0.717, 1.165) is 42.1 Å². The number of hydrogen-bond acceptors (Lipinski definition) is 6. The summed E-state index contributed by atoms with van der Waals surface area (Å²) in [4.78, 5) is 18.0. The van der Waals surface area contributed by atoms with Gasteiger partial charge in [0.2, 0.25) is 0 Å². The molecule has 0 amide bonds. The van der Waals surface area contributed by atoms with Crippen LogP contribution >= 0.6 is 0 Å². The Morgan fingerprint density at radius 3 is 2.74 bits per heavy atom. The van der Waals surface area contributed by atoms with Crippen molar-refractivity contribution in [2.24, 2.45) is 0 Å². The quantitative estimate of drug-likeness (QED) is 0.478. The molecule has 6 rings (SSSR count). The Bertz CT molecular complexity index is 1450. The number of benzene rings is 1. The number of imidazole rings is 1. The summed E-state index contributed by atoms with van der Waals surface area (Å²) in [5, 5.41) is 0. The van der Waals surface area contributed by atoms with Crippen molar-refractivity contribution in [2.45, 2.75) is 25.4 Å². The van der Waals surface area contributed by atoms with Crippen LogP contribution in [-0.2, 0) is 0 Å². The smallest absolute Gasteiger partial charge is 0.165 e. The van der Waals surface area contributed by atoms with Gasteiger partial charge in [-0.15, -0.1) is 6.42 Å². The second kappa shape index (κ2) is 7.82. The van der Waals surface area contributed by atoms with E-state index in [0.29, 0.717) is 41.5 Å². The first-order valence-electron chi connectivity index (χ1n) is 11.3. The molecule has 4 aromatic rings. The average molecular weight is 454 g/mol. The second-order valence-electron chi connectivity index (χ2n) is 8.97. The monoisotopic (exact) mass is 453 g/mol.